The van der Waals surface area contributed by atoms with Crippen molar-refractivity contribution in [3.05, 3.63) is 100 Å². The van der Waals surface area contributed by atoms with Gasteiger partial charge in [0.05, 0.1) is 12.1 Å². The standard InChI is InChI=1S/C32H34F2N6O6/c1-39(2)29(42)12-5-4-8-24(36-28(41)19-45-3)31(43)37-25-10-7-15-40(32(25)44)17-27-35-23-9-6-11-26(30(23)38-27)46-18-20-13-14-21(33)16-22(20)34/h5-7,9-16,24H,4,8,17-19H2,1-3H3,(H,35,38)(H,36,41)(H,37,43)/b12-5+/t24-/m0/s1. The first kappa shape index (κ1) is 33.5. The summed E-state index contributed by atoms with van der Waals surface area (Å²) in [6, 6.07) is 10.4. The molecule has 0 aliphatic carbocycles. The Kier molecular flexibility index (Phi) is 11.3. The molecule has 3 N–H and O–H groups in total. The number of hydrogen-bond donors (Lipinski definition) is 3. The Balaban J connectivity index is 1.47. The fourth-order valence-electron chi connectivity index (χ4n) is 4.41. The molecule has 14 heteroatoms. The third-order valence-corrected chi connectivity index (χ3v) is 6.77. The largest absolute Gasteiger partial charge is 0.486 e. The number of anilines is 1. The number of allylic oxidation sites excluding steroid dienone is 1. The summed E-state index contributed by atoms with van der Waals surface area (Å²) in [5.74, 6) is -1.99. The van der Waals surface area contributed by atoms with E-state index in [1.807, 2.05) is 0 Å². The van der Waals surface area contributed by atoms with E-state index in [1.165, 1.54) is 41.0 Å². The van der Waals surface area contributed by atoms with Gasteiger partial charge in [-0.1, -0.05) is 12.1 Å². The first-order valence-corrected chi connectivity index (χ1v) is 14.3. The lowest BCUT2D eigenvalue weighted by Crippen LogP contribution is -2.45. The maximum atomic E-state index is 14.1. The number of ether oxygens (including phenoxy) is 2. The number of para-hydroxylation sites is 1. The minimum Gasteiger partial charge on any atom is -0.486 e. The molecule has 46 heavy (non-hydrogen) atoms. The van der Waals surface area contributed by atoms with Crippen molar-refractivity contribution in [1.29, 1.82) is 0 Å². The van der Waals surface area contributed by atoms with Gasteiger partial charge in [0, 0.05) is 39.0 Å². The number of imidazole rings is 1. The Hall–Kier alpha value is -5.37. The Morgan fingerprint density at radius 3 is 2.67 bits per heavy atom. The predicted octanol–water partition coefficient (Wildman–Crippen LogP) is 3.12. The van der Waals surface area contributed by atoms with Crippen molar-refractivity contribution in [2.45, 2.75) is 32.0 Å². The van der Waals surface area contributed by atoms with Gasteiger partial charge in [-0.25, -0.2) is 13.8 Å². The number of nitrogens with zero attached hydrogens (tertiary/aromatic N) is 3. The molecule has 12 nitrogen and oxygen atoms in total. The van der Waals surface area contributed by atoms with Crippen molar-refractivity contribution < 1.29 is 32.6 Å². The highest BCUT2D eigenvalue weighted by Gasteiger charge is 2.22. The number of fused-ring (bicyclic) bond motifs is 1. The van der Waals surface area contributed by atoms with Gasteiger partial charge in [0.15, 0.2) is 0 Å². The summed E-state index contributed by atoms with van der Waals surface area (Å²) in [4.78, 5) is 59.6. The van der Waals surface area contributed by atoms with E-state index in [1.54, 1.807) is 44.4 Å². The van der Waals surface area contributed by atoms with Gasteiger partial charge in [-0.2, -0.15) is 0 Å². The molecule has 0 saturated carbocycles. The molecular weight excluding hydrogens is 602 g/mol. The zero-order valence-electron chi connectivity index (χ0n) is 25.5. The van der Waals surface area contributed by atoms with Crippen molar-refractivity contribution in [2.75, 3.05) is 33.1 Å². The van der Waals surface area contributed by atoms with Gasteiger partial charge in [0.25, 0.3) is 5.56 Å². The minimum absolute atomic E-state index is 0.0155. The first-order chi connectivity index (χ1) is 22.0. The van der Waals surface area contributed by atoms with E-state index < -0.39 is 35.0 Å². The number of amides is 3. The van der Waals surface area contributed by atoms with E-state index in [0.717, 1.165) is 12.1 Å². The van der Waals surface area contributed by atoms with E-state index in [2.05, 4.69) is 20.6 Å². The fourth-order valence-corrected chi connectivity index (χ4v) is 4.41. The van der Waals surface area contributed by atoms with Crippen LogP contribution < -0.4 is 20.9 Å². The minimum atomic E-state index is -1.01. The number of pyridine rings is 1. The molecule has 0 fully saturated rings. The van der Waals surface area contributed by atoms with Crippen LogP contribution in [0.2, 0.25) is 0 Å². The molecule has 4 rings (SSSR count). The van der Waals surface area contributed by atoms with Crippen LogP contribution in [0.4, 0.5) is 14.5 Å². The lowest BCUT2D eigenvalue weighted by molar-refractivity contribution is -0.129. The highest BCUT2D eigenvalue weighted by atomic mass is 19.1. The quantitative estimate of drug-likeness (QED) is 0.180. The number of benzene rings is 2. The Morgan fingerprint density at radius 2 is 1.93 bits per heavy atom. The summed E-state index contributed by atoms with van der Waals surface area (Å²) in [6.45, 7) is -0.391. The van der Waals surface area contributed by atoms with Crippen molar-refractivity contribution in [3.8, 4) is 5.75 Å². The summed E-state index contributed by atoms with van der Waals surface area (Å²) in [5.41, 5.74) is 0.710. The molecule has 0 aliphatic rings. The summed E-state index contributed by atoms with van der Waals surface area (Å²) in [7, 11) is 4.57. The van der Waals surface area contributed by atoms with Crippen LogP contribution in [0.1, 0.15) is 24.2 Å². The van der Waals surface area contributed by atoms with Crippen LogP contribution in [0.15, 0.2) is 71.7 Å². The number of aromatic nitrogens is 3. The maximum absolute atomic E-state index is 14.1. The molecule has 3 amide bonds. The van der Waals surface area contributed by atoms with Crippen LogP contribution in [0.25, 0.3) is 11.0 Å². The molecule has 0 unspecified atom stereocenters. The maximum Gasteiger partial charge on any atom is 0.274 e. The van der Waals surface area contributed by atoms with Crippen molar-refractivity contribution >= 4 is 34.4 Å². The van der Waals surface area contributed by atoms with Crippen LogP contribution in [-0.4, -0.2) is 71.0 Å². The molecule has 2 heterocycles. The second-order valence-electron chi connectivity index (χ2n) is 10.5. The normalized spacial score (nSPS) is 11.8. The molecule has 1 atom stereocenters. The van der Waals surface area contributed by atoms with Crippen molar-refractivity contribution in [3.63, 3.8) is 0 Å². The summed E-state index contributed by atoms with van der Waals surface area (Å²) < 4.78 is 39.3. The second-order valence-corrected chi connectivity index (χ2v) is 10.5. The smallest absolute Gasteiger partial charge is 0.274 e. The molecule has 2 aromatic carbocycles. The average Bonchev–Trinajstić information content (AvgIpc) is 3.43. The van der Waals surface area contributed by atoms with Crippen LogP contribution in [0.5, 0.6) is 5.75 Å². The van der Waals surface area contributed by atoms with Gasteiger partial charge < -0.3 is 34.6 Å². The molecule has 0 aliphatic heterocycles. The van der Waals surface area contributed by atoms with Crippen LogP contribution in [-0.2, 0) is 32.3 Å². The fraction of sp³-hybridized carbons (Fsp3) is 0.281. The first-order valence-electron chi connectivity index (χ1n) is 14.3. The summed E-state index contributed by atoms with van der Waals surface area (Å²) >= 11 is 0. The molecular formula is C32H34F2N6O6. The van der Waals surface area contributed by atoms with Gasteiger partial charge in [0.2, 0.25) is 17.7 Å². The van der Waals surface area contributed by atoms with Gasteiger partial charge >= 0.3 is 0 Å². The zero-order valence-corrected chi connectivity index (χ0v) is 25.5. The number of carbonyl (C=O) groups is 3. The van der Waals surface area contributed by atoms with E-state index in [0.29, 0.717) is 29.0 Å². The SMILES string of the molecule is COCC(=O)N[C@@H](CC/C=C/C(=O)N(C)C)C(=O)Nc1cccn(Cc2nc3c(OCc4ccc(F)cc4F)cccc3[nH]2)c1=O. The van der Waals surface area contributed by atoms with Gasteiger partial charge in [0.1, 0.15) is 53.7 Å². The van der Waals surface area contributed by atoms with Crippen LogP contribution in [0, 0.1) is 11.6 Å². The number of aromatic amines is 1. The highest BCUT2D eigenvalue weighted by Crippen LogP contribution is 2.25. The average molecular weight is 637 g/mol. The third kappa shape index (κ3) is 8.85. The monoisotopic (exact) mass is 636 g/mol. The second kappa shape index (κ2) is 15.6. The molecule has 242 valence electrons. The zero-order chi connectivity index (χ0) is 33.2. The van der Waals surface area contributed by atoms with Gasteiger partial charge in [-0.15, -0.1) is 0 Å². The van der Waals surface area contributed by atoms with Crippen LogP contribution >= 0.6 is 0 Å². The topological polar surface area (TPSA) is 148 Å². The van der Waals surface area contributed by atoms with E-state index in [-0.39, 0.29) is 43.3 Å². The number of rotatable bonds is 14. The number of nitrogens with one attached hydrogen (secondary N) is 3. The molecule has 0 radical (unpaired) electrons. The summed E-state index contributed by atoms with van der Waals surface area (Å²) in [6.07, 6.45) is 4.98. The van der Waals surface area contributed by atoms with E-state index in [9.17, 15) is 28.0 Å². The Labute approximate surface area is 263 Å². The Bertz CT molecular complexity index is 1800. The molecule has 0 saturated heterocycles. The molecule has 4 aromatic rings. The highest BCUT2D eigenvalue weighted by molar-refractivity contribution is 5.97. The number of H-pyrrole nitrogens is 1. The predicted molar refractivity (Wildman–Crippen MR) is 166 cm³/mol. The number of carbonyl (C=O) groups excluding carboxylic acids is 3. The van der Waals surface area contributed by atoms with E-state index in [4.69, 9.17) is 9.47 Å². The lowest BCUT2D eigenvalue weighted by Gasteiger charge is -2.18. The number of methoxy groups -OCH3 is 1. The number of halogens is 2. The van der Waals surface area contributed by atoms with Crippen LogP contribution in [0.3, 0.4) is 0 Å². The third-order valence-electron chi connectivity index (χ3n) is 6.77. The Morgan fingerprint density at radius 1 is 1.13 bits per heavy atom. The van der Waals surface area contributed by atoms with E-state index >= 15 is 0 Å². The lowest BCUT2D eigenvalue weighted by atomic mass is 10.1. The van der Waals surface area contributed by atoms with Crippen molar-refractivity contribution in [1.82, 2.24) is 24.8 Å². The van der Waals surface area contributed by atoms with Crippen molar-refractivity contribution in [2.24, 2.45) is 0 Å². The summed E-state index contributed by atoms with van der Waals surface area (Å²) in [5, 5.41) is 5.19. The number of likely N-dealkylation sites (N-methyl/N-ethyl adjacent to an activating group) is 1. The van der Waals surface area contributed by atoms with Gasteiger partial charge in [-0.05, 0) is 55.3 Å². The number of hydrogen-bond acceptors (Lipinski definition) is 7. The molecule has 0 spiro atoms. The van der Waals surface area contributed by atoms with Gasteiger partial charge in [-0.3, -0.25) is 19.2 Å². The molecule has 2 aromatic heterocycles. The molecule has 0 bridgehead atoms.